The van der Waals surface area contributed by atoms with Gasteiger partial charge in [-0.05, 0) is 36.2 Å². The average Bonchev–Trinajstić information content (AvgIpc) is 2.68. The molecule has 0 saturated heterocycles. The van der Waals surface area contributed by atoms with E-state index in [1.807, 2.05) is 5.32 Å². The van der Waals surface area contributed by atoms with Crippen LogP contribution < -0.4 is 5.32 Å². The molecule has 0 radical (unpaired) electrons. The number of carbonyl (C=O) groups is 2. The number of ether oxygens (including phenoxy) is 1. The van der Waals surface area contributed by atoms with Gasteiger partial charge in [-0.1, -0.05) is 0 Å². The molecule has 1 aromatic heterocycles. The summed E-state index contributed by atoms with van der Waals surface area (Å²) >= 11 is 0. The van der Waals surface area contributed by atoms with Gasteiger partial charge in [0.1, 0.15) is 18.2 Å². The van der Waals surface area contributed by atoms with Gasteiger partial charge in [-0.3, -0.25) is 14.6 Å². The summed E-state index contributed by atoms with van der Waals surface area (Å²) in [6.07, 6.45) is -3.53. The second-order valence-corrected chi connectivity index (χ2v) is 5.89. The molecule has 1 heterocycles. The van der Waals surface area contributed by atoms with Crippen LogP contribution in [0.15, 0.2) is 24.4 Å². The summed E-state index contributed by atoms with van der Waals surface area (Å²) in [5.41, 5.74) is -2.01. The molecule has 1 unspecified atom stereocenters. The van der Waals surface area contributed by atoms with E-state index in [9.17, 15) is 35.9 Å². The number of esters is 1. The molecular formula is C18H14F6N2O3. The monoisotopic (exact) mass is 420 g/mol. The Kier molecular flexibility index (Phi) is 6.50. The maximum Gasteiger partial charge on any atom is 0.405 e. The van der Waals surface area contributed by atoms with E-state index in [1.165, 1.54) is 6.07 Å². The number of aromatic nitrogens is 1. The van der Waals surface area contributed by atoms with E-state index in [0.717, 1.165) is 26.3 Å². The van der Waals surface area contributed by atoms with E-state index in [0.29, 0.717) is 6.07 Å². The molecule has 1 atom stereocenters. The van der Waals surface area contributed by atoms with Gasteiger partial charge in [0.25, 0.3) is 0 Å². The van der Waals surface area contributed by atoms with Crippen molar-refractivity contribution in [3.8, 4) is 0 Å². The zero-order valence-corrected chi connectivity index (χ0v) is 15.0. The summed E-state index contributed by atoms with van der Waals surface area (Å²) in [5, 5.41) is 1.98. The topological polar surface area (TPSA) is 68.3 Å². The van der Waals surface area contributed by atoms with Crippen molar-refractivity contribution in [3.05, 3.63) is 58.7 Å². The fourth-order valence-corrected chi connectivity index (χ4v) is 2.57. The van der Waals surface area contributed by atoms with E-state index in [2.05, 4.69) is 9.72 Å². The van der Waals surface area contributed by atoms with Crippen molar-refractivity contribution in [1.29, 1.82) is 0 Å². The van der Waals surface area contributed by atoms with Gasteiger partial charge in [0.15, 0.2) is 17.5 Å². The molecule has 5 nitrogen and oxygen atoms in total. The predicted molar refractivity (Wildman–Crippen MR) is 88.9 cm³/mol. The van der Waals surface area contributed by atoms with Crippen molar-refractivity contribution < 1.29 is 40.7 Å². The fourth-order valence-electron chi connectivity index (χ4n) is 2.57. The van der Waals surface area contributed by atoms with E-state index >= 15 is 0 Å². The second kappa shape index (κ2) is 8.50. The molecule has 0 fully saturated rings. The largest absolute Gasteiger partial charge is 0.468 e. The molecule has 0 aliphatic rings. The third-order valence-corrected chi connectivity index (χ3v) is 3.98. The van der Waals surface area contributed by atoms with Gasteiger partial charge in [0, 0.05) is 6.20 Å². The van der Waals surface area contributed by atoms with E-state index < -0.39 is 64.7 Å². The van der Waals surface area contributed by atoms with Gasteiger partial charge in [-0.25, -0.2) is 13.2 Å². The Morgan fingerprint density at radius 1 is 1.21 bits per heavy atom. The Labute approximate surface area is 160 Å². The molecule has 0 aliphatic carbocycles. The highest BCUT2D eigenvalue weighted by molar-refractivity contribution is 6.14. The van der Waals surface area contributed by atoms with Gasteiger partial charge in [0.05, 0.1) is 12.8 Å². The van der Waals surface area contributed by atoms with E-state index in [1.54, 1.807) is 0 Å². The minimum absolute atomic E-state index is 0.357. The molecule has 11 heteroatoms. The van der Waals surface area contributed by atoms with Crippen LogP contribution in [-0.4, -0.2) is 36.6 Å². The highest BCUT2D eigenvalue weighted by atomic mass is 19.4. The third-order valence-electron chi connectivity index (χ3n) is 3.98. The maximum atomic E-state index is 13.9. The Morgan fingerprint density at radius 2 is 1.86 bits per heavy atom. The first-order valence-corrected chi connectivity index (χ1v) is 7.99. The van der Waals surface area contributed by atoms with Crippen LogP contribution in [0.4, 0.5) is 32.0 Å². The number of Topliss-reactive ketones (excluding diaryl/α,β-unsaturated/α-hetero) is 1. The predicted octanol–water partition coefficient (Wildman–Crippen LogP) is 3.92. The van der Waals surface area contributed by atoms with Crippen LogP contribution in [0.1, 0.15) is 27.5 Å². The fraction of sp³-hybridized carbons (Fsp3) is 0.278. The summed E-state index contributed by atoms with van der Waals surface area (Å²) < 4.78 is 83.1. The minimum atomic E-state index is -4.61. The first-order chi connectivity index (χ1) is 13.5. The molecule has 0 aliphatic heterocycles. The molecule has 0 bridgehead atoms. The lowest BCUT2D eigenvalue weighted by atomic mass is 9.88. The minimum Gasteiger partial charge on any atom is -0.468 e. The highest BCUT2D eigenvalue weighted by Crippen LogP contribution is 2.31. The SMILES string of the molecule is COC(=O)C(C(=O)c1ncccc1NCC(F)(F)F)c1cc(F)c(F)c(F)c1C. The number of anilines is 1. The van der Waals surface area contributed by atoms with E-state index in [-0.39, 0.29) is 5.69 Å². The number of nitrogens with one attached hydrogen (secondary N) is 1. The zero-order chi connectivity index (χ0) is 21.9. The number of pyridine rings is 1. The average molecular weight is 420 g/mol. The molecule has 1 N–H and O–H groups in total. The van der Waals surface area contributed by atoms with Crippen LogP contribution in [-0.2, 0) is 9.53 Å². The molecule has 0 amide bonds. The van der Waals surface area contributed by atoms with Crippen LogP contribution in [0.25, 0.3) is 0 Å². The number of hydrogen-bond donors (Lipinski definition) is 1. The summed E-state index contributed by atoms with van der Waals surface area (Å²) in [4.78, 5) is 28.8. The van der Waals surface area contributed by atoms with Gasteiger partial charge in [0.2, 0.25) is 5.78 Å². The lowest BCUT2D eigenvalue weighted by Gasteiger charge is -2.19. The molecule has 1 aromatic carbocycles. The van der Waals surface area contributed by atoms with Gasteiger partial charge < -0.3 is 10.1 Å². The van der Waals surface area contributed by atoms with Gasteiger partial charge in [-0.15, -0.1) is 0 Å². The van der Waals surface area contributed by atoms with Crippen molar-refractivity contribution >= 4 is 17.4 Å². The van der Waals surface area contributed by atoms with E-state index in [4.69, 9.17) is 0 Å². The molecule has 156 valence electrons. The highest BCUT2D eigenvalue weighted by Gasteiger charge is 2.36. The Balaban J connectivity index is 2.57. The standard InChI is InChI=1S/C18H14F6N2O3/c1-8-9(6-10(19)14(21)13(8)20)12(17(28)29-2)16(27)15-11(4-3-5-25-15)26-7-18(22,23)24/h3-6,12,26H,7H2,1-2H3. The van der Waals surface area contributed by atoms with Crippen molar-refractivity contribution in [3.63, 3.8) is 0 Å². The number of halogens is 6. The van der Waals surface area contributed by atoms with Crippen molar-refractivity contribution in [2.24, 2.45) is 0 Å². The number of methoxy groups -OCH3 is 1. The zero-order valence-electron chi connectivity index (χ0n) is 15.0. The van der Waals surface area contributed by atoms with Crippen LogP contribution >= 0.6 is 0 Å². The number of hydrogen-bond acceptors (Lipinski definition) is 5. The summed E-state index contributed by atoms with van der Waals surface area (Å²) in [5.74, 6) is -9.48. The number of ketones is 1. The van der Waals surface area contributed by atoms with Crippen molar-refractivity contribution in [2.45, 2.75) is 19.0 Å². The lowest BCUT2D eigenvalue weighted by molar-refractivity contribution is -0.141. The second-order valence-electron chi connectivity index (χ2n) is 5.89. The lowest BCUT2D eigenvalue weighted by Crippen LogP contribution is -2.28. The number of carbonyl (C=O) groups excluding carboxylic acids is 2. The Morgan fingerprint density at radius 3 is 2.45 bits per heavy atom. The Bertz CT molecular complexity index is 946. The van der Waals surface area contributed by atoms with Gasteiger partial charge in [-0.2, -0.15) is 13.2 Å². The quantitative estimate of drug-likeness (QED) is 0.252. The molecule has 2 aromatic rings. The third kappa shape index (κ3) is 4.84. The van der Waals surface area contributed by atoms with Crippen LogP contribution in [0.5, 0.6) is 0 Å². The number of nitrogens with zero attached hydrogens (tertiary/aromatic N) is 1. The maximum absolute atomic E-state index is 13.9. The first-order valence-electron chi connectivity index (χ1n) is 7.99. The summed E-state index contributed by atoms with van der Waals surface area (Å²) in [7, 11) is 0.898. The molecule has 0 saturated carbocycles. The van der Waals surface area contributed by atoms with Crippen molar-refractivity contribution in [2.75, 3.05) is 19.0 Å². The number of rotatable bonds is 6. The molecule has 29 heavy (non-hydrogen) atoms. The smallest absolute Gasteiger partial charge is 0.405 e. The molecule has 0 spiro atoms. The van der Waals surface area contributed by atoms with Crippen LogP contribution in [0.3, 0.4) is 0 Å². The van der Waals surface area contributed by atoms with Gasteiger partial charge >= 0.3 is 12.1 Å². The van der Waals surface area contributed by atoms with Crippen molar-refractivity contribution in [1.82, 2.24) is 4.98 Å². The summed E-state index contributed by atoms with van der Waals surface area (Å²) in [6.45, 7) is -0.488. The van der Waals surface area contributed by atoms with Crippen LogP contribution in [0, 0.1) is 24.4 Å². The first kappa shape index (κ1) is 22.2. The normalized spacial score (nSPS) is 12.4. The molecular weight excluding hydrogens is 406 g/mol. The molecule has 2 rings (SSSR count). The number of alkyl halides is 3. The van der Waals surface area contributed by atoms with Crippen LogP contribution in [0.2, 0.25) is 0 Å². The number of benzene rings is 1. The summed E-state index contributed by atoms with van der Waals surface area (Å²) in [6, 6.07) is 2.81. The Hall–Kier alpha value is -3.11.